The van der Waals surface area contributed by atoms with E-state index in [1.165, 1.54) is 14.0 Å². The monoisotopic (exact) mass is 273 g/mol. The lowest BCUT2D eigenvalue weighted by Crippen LogP contribution is -2.33. The van der Waals surface area contributed by atoms with E-state index >= 15 is 0 Å². The van der Waals surface area contributed by atoms with Crippen LogP contribution in [-0.2, 0) is 15.6 Å². The summed E-state index contributed by atoms with van der Waals surface area (Å²) in [5.74, 6) is -2.55. The van der Waals surface area contributed by atoms with Crippen molar-refractivity contribution in [2.45, 2.75) is 17.1 Å². The summed E-state index contributed by atoms with van der Waals surface area (Å²) in [7, 11) is -0.572. The number of amides is 1. The molecule has 0 aromatic heterocycles. The van der Waals surface area contributed by atoms with Crippen LogP contribution >= 0.6 is 0 Å². The lowest BCUT2D eigenvalue weighted by atomic mass is 10.2. The number of nitrogens with one attached hydrogen (secondary N) is 1. The SMILES string of the molecule is CNC(=O)C(C)S(=O)c1cc(C(=O)O)ccc1F. The average Bonchev–Trinajstić information content (AvgIpc) is 2.36. The number of carboxylic acids is 1. The molecule has 0 heterocycles. The van der Waals surface area contributed by atoms with Gasteiger partial charge in [-0.25, -0.2) is 9.18 Å². The predicted octanol–water partition coefficient (Wildman–Crippen LogP) is 0.766. The Hall–Kier alpha value is -1.76. The fourth-order valence-corrected chi connectivity index (χ4v) is 2.48. The van der Waals surface area contributed by atoms with Crippen LogP contribution in [0.5, 0.6) is 0 Å². The molecule has 2 N–H and O–H groups in total. The second-order valence-corrected chi connectivity index (χ2v) is 5.25. The Morgan fingerprint density at radius 3 is 2.56 bits per heavy atom. The molecule has 2 unspecified atom stereocenters. The van der Waals surface area contributed by atoms with Gasteiger partial charge in [-0.2, -0.15) is 0 Å². The zero-order chi connectivity index (χ0) is 13.9. The third-order valence-corrected chi connectivity index (χ3v) is 3.93. The lowest BCUT2D eigenvalue weighted by Gasteiger charge is -2.11. The van der Waals surface area contributed by atoms with Crippen molar-refractivity contribution in [3.63, 3.8) is 0 Å². The first-order valence-electron chi connectivity index (χ1n) is 5.03. The molecule has 0 aliphatic heterocycles. The first-order valence-corrected chi connectivity index (χ1v) is 6.24. The summed E-state index contributed by atoms with van der Waals surface area (Å²) in [5, 5.41) is 10.1. The van der Waals surface area contributed by atoms with E-state index in [1.807, 2.05) is 0 Å². The zero-order valence-electron chi connectivity index (χ0n) is 9.77. The van der Waals surface area contributed by atoms with E-state index in [-0.39, 0.29) is 10.5 Å². The smallest absolute Gasteiger partial charge is 0.335 e. The number of rotatable bonds is 4. The van der Waals surface area contributed by atoms with Crippen molar-refractivity contribution in [2.75, 3.05) is 7.05 Å². The van der Waals surface area contributed by atoms with Crippen LogP contribution in [0.15, 0.2) is 23.1 Å². The summed E-state index contributed by atoms with van der Waals surface area (Å²) in [6, 6.07) is 2.98. The van der Waals surface area contributed by atoms with E-state index < -0.39 is 33.7 Å². The molecule has 98 valence electrons. The molecule has 2 atom stereocenters. The summed E-state index contributed by atoms with van der Waals surface area (Å²) in [6.45, 7) is 1.38. The van der Waals surface area contributed by atoms with Gasteiger partial charge < -0.3 is 10.4 Å². The summed E-state index contributed by atoms with van der Waals surface area (Å²) >= 11 is 0. The van der Waals surface area contributed by atoms with Crippen LogP contribution in [0.4, 0.5) is 4.39 Å². The van der Waals surface area contributed by atoms with E-state index in [1.54, 1.807) is 0 Å². The Kier molecular flexibility index (Phi) is 4.55. The number of hydrogen-bond donors (Lipinski definition) is 2. The molecule has 1 rings (SSSR count). The van der Waals surface area contributed by atoms with Crippen LogP contribution in [0.2, 0.25) is 0 Å². The van der Waals surface area contributed by atoms with Gasteiger partial charge in [0.2, 0.25) is 5.91 Å². The largest absolute Gasteiger partial charge is 0.478 e. The van der Waals surface area contributed by atoms with Gasteiger partial charge in [-0.1, -0.05) is 0 Å². The van der Waals surface area contributed by atoms with Gasteiger partial charge in [0.05, 0.1) is 21.3 Å². The molecule has 0 aliphatic carbocycles. The Morgan fingerprint density at radius 2 is 2.06 bits per heavy atom. The Balaban J connectivity index is 3.16. The molecule has 0 saturated heterocycles. The standard InChI is InChI=1S/C11H12FNO4S/c1-6(10(14)13-2)18(17)9-5-7(11(15)16)3-4-8(9)12/h3-6H,1-2H3,(H,13,14)(H,15,16). The zero-order valence-corrected chi connectivity index (χ0v) is 10.6. The quantitative estimate of drug-likeness (QED) is 0.848. The van der Waals surface area contributed by atoms with Crippen molar-refractivity contribution in [1.29, 1.82) is 0 Å². The average molecular weight is 273 g/mol. The number of hydrogen-bond acceptors (Lipinski definition) is 3. The molecule has 0 fully saturated rings. The van der Waals surface area contributed by atoms with Crippen molar-refractivity contribution in [3.05, 3.63) is 29.6 Å². The normalized spacial score (nSPS) is 13.7. The Labute approximate surface area is 105 Å². The molecule has 0 spiro atoms. The first kappa shape index (κ1) is 14.3. The lowest BCUT2D eigenvalue weighted by molar-refractivity contribution is -0.119. The molecular weight excluding hydrogens is 261 g/mol. The second kappa shape index (κ2) is 5.72. The van der Waals surface area contributed by atoms with E-state index in [0.717, 1.165) is 18.2 Å². The number of carboxylic acid groups (broad SMARTS) is 1. The van der Waals surface area contributed by atoms with Gasteiger partial charge in [0.1, 0.15) is 11.1 Å². The van der Waals surface area contributed by atoms with Gasteiger partial charge >= 0.3 is 5.97 Å². The van der Waals surface area contributed by atoms with Gasteiger partial charge in [0.25, 0.3) is 0 Å². The summed E-state index contributed by atoms with van der Waals surface area (Å²) < 4.78 is 25.5. The molecule has 0 saturated carbocycles. The third kappa shape index (κ3) is 2.92. The van der Waals surface area contributed by atoms with Crippen molar-refractivity contribution >= 4 is 22.7 Å². The minimum atomic E-state index is -1.95. The van der Waals surface area contributed by atoms with Crippen LogP contribution in [0.3, 0.4) is 0 Å². The Morgan fingerprint density at radius 1 is 1.44 bits per heavy atom. The molecule has 0 aliphatic rings. The topological polar surface area (TPSA) is 83.5 Å². The summed E-state index contributed by atoms with van der Waals surface area (Å²) in [5.41, 5.74) is -0.177. The van der Waals surface area contributed by atoms with E-state index in [2.05, 4.69) is 5.32 Å². The predicted molar refractivity (Wildman–Crippen MR) is 63.3 cm³/mol. The van der Waals surface area contributed by atoms with Gasteiger partial charge in [-0.3, -0.25) is 9.00 Å². The highest BCUT2D eigenvalue weighted by Crippen LogP contribution is 2.18. The second-order valence-electron chi connectivity index (χ2n) is 3.50. The fourth-order valence-electron chi connectivity index (χ4n) is 1.28. The van der Waals surface area contributed by atoms with Gasteiger partial charge in [0.15, 0.2) is 0 Å². The summed E-state index contributed by atoms with van der Waals surface area (Å²) in [6.07, 6.45) is 0. The van der Waals surface area contributed by atoms with Crippen LogP contribution in [0.25, 0.3) is 0 Å². The first-order chi connectivity index (χ1) is 8.38. The fraction of sp³-hybridized carbons (Fsp3) is 0.273. The van der Waals surface area contributed by atoms with Crippen LogP contribution in [-0.4, -0.2) is 33.5 Å². The van der Waals surface area contributed by atoms with E-state index in [9.17, 15) is 18.2 Å². The number of halogens is 1. The van der Waals surface area contributed by atoms with Gasteiger partial charge in [0, 0.05) is 7.05 Å². The van der Waals surface area contributed by atoms with Gasteiger partial charge in [-0.15, -0.1) is 0 Å². The number of benzene rings is 1. The maximum absolute atomic E-state index is 13.5. The summed E-state index contributed by atoms with van der Waals surface area (Å²) in [4.78, 5) is 21.8. The molecule has 0 radical (unpaired) electrons. The molecule has 18 heavy (non-hydrogen) atoms. The highest BCUT2D eigenvalue weighted by atomic mass is 32.2. The van der Waals surface area contributed by atoms with Crippen molar-refractivity contribution in [1.82, 2.24) is 5.32 Å². The highest BCUT2D eigenvalue weighted by Gasteiger charge is 2.23. The van der Waals surface area contributed by atoms with E-state index in [4.69, 9.17) is 5.11 Å². The number of carbonyl (C=O) groups excluding carboxylic acids is 1. The molecule has 0 bridgehead atoms. The molecular formula is C11H12FNO4S. The minimum Gasteiger partial charge on any atom is -0.478 e. The third-order valence-electron chi connectivity index (χ3n) is 2.33. The molecule has 1 amide bonds. The van der Waals surface area contributed by atoms with Crippen LogP contribution in [0, 0.1) is 5.82 Å². The molecule has 1 aromatic carbocycles. The van der Waals surface area contributed by atoms with Crippen LogP contribution in [0.1, 0.15) is 17.3 Å². The van der Waals surface area contributed by atoms with Crippen molar-refractivity contribution in [2.24, 2.45) is 0 Å². The number of carbonyl (C=O) groups is 2. The number of aromatic carboxylic acids is 1. The van der Waals surface area contributed by atoms with E-state index in [0.29, 0.717) is 0 Å². The van der Waals surface area contributed by atoms with Crippen molar-refractivity contribution < 1.29 is 23.3 Å². The molecule has 1 aromatic rings. The minimum absolute atomic E-state index is 0.177. The molecule has 5 nitrogen and oxygen atoms in total. The Bertz CT molecular complexity index is 518. The van der Waals surface area contributed by atoms with Crippen LogP contribution < -0.4 is 5.32 Å². The van der Waals surface area contributed by atoms with Crippen molar-refractivity contribution in [3.8, 4) is 0 Å². The highest BCUT2D eigenvalue weighted by molar-refractivity contribution is 7.86. The molecule has 7 heteroatoms. The maximum atomic E-state index is 13.5. The maximum Gasteiger partial charge on any atom is 0.335 e. The van der Waals surface area contributed by atoms with Gasteiger partial charge in [-0.05, 0) is 25.1 Å².